The lowest BCUT2D eigenvalue weighted by Gasteiger charge is -2.22. The summed E-state index contributed by atoms with van der Waals surface area (Å²) in [4.78, 5) is 35.2. The van der Waals surface area contributed by atoms with E-state index in [0.717, 1.165) is 5.56 Å². The second kappa shape index (κ2) is 4.23. The van der Waals surface area contributed by atoms with Crippen molar-refractivity contribution < 1.29 is 9.59 Å². The Bertz CT molecular complexity index is 751. The molecule has 0 aromatic carbocycles. The molecule has 0 radical (unpaired) electrons. The smallest absolute Gasteiger partial charge is 0.216 e. The van der Waals surface area contributed by atoms with Gasteiger partial charge in [0, 0.05) is 26.5 Å². The number of carbonyl (C=O) groups excluding carboxylic acids is 2. The van der Waals surface area contributed by atoms with Crippen LogP contribution in [0.15, 0.2) is 24.5 Å². The Labute approximate surface area is 116 Å². The number of aromatic nitrogens is 2. The monoisotopic (exact) mass is 267 g/mol. The molecule has 2 heterocycles. The van der Waals surface area contributed by atoms with Gasteiger partial charge < -0.3 is 4.90 Å². The van der Waals surface area contributed by atoms with E-state index in [4.69, 9.17) is 0 Å². The van der Waals surface area contributed by atoms with E-state index in [9.17, 15) is 9.59 Å². The van der Waals surface area contributed by atoms with Crippen LogP contribution in [-0.4, -0.2) is 35.6 Å². The first-order chi connectivity index (χ1) is 9.52. The first kappa shape index (κ1) is 12.5. The quantitative estimate of drug-likeness (QED) is 0.670. The fourth-order valence-electron chi connectivity index (χ4n) is 2.47. The SMILES string of the molecule is Cc1ccnc2c1C(=O)c1nccc(N(C)C)c1C2=O. The molecule has 0 N–H and O–H groups in total. The number of carbonyl (C=O) groups is 2. The maximum atomic E-state index is 12.6. The van der Waals surface area contributed by atoms with Gasteiger partial charge in [0.25, 0.3) is 0 Å². The zero-order valence-electron chi connectivity index (χ0n) is 11.5. The maximum Gasteiger partial charge on any atom is 0.216 e. The van der Waals surface area contributed by atoms with E-state index in [2.05, 4.69) is 9.97 Å². The zero-order valence-corrected chi connectivity index (χ0v) is 11.5. The third-order valence-corrected chi connectivity index (χ3v) is 3.45. The Hall–Kier alpha value is -2.56. The van der Waals surface area contributed by atoms with Crippen molar-refractivity contribution in [3.05, 3.63) is 52.6 Å². The number of nitrogens with zero attached hydrogens (tertiary/aromatic N) is 3. The second-order valence-electron chi connectivity index (χ2n) is 4.96. The average molecular weight is 267 g/mol. The number of rotatable bonds is 1. The number of pyridine rings is 2. The van der Waals surface area contributed by atoms with Crippen molar-refractivity contribution in [3.63, 3.8) is 0 Å². The predicted octanol–water partition coefficient (Wildman–Crippen LogP) is 1.63. The summed E-state index contributed by atoms with van der Waals surface area (Å²) in [6, 6.07) is 3.45. The highest BCUT2D eigenvalue weighted by atomic mass is 16.1. The van der Waals surface area contributed by atoms with Gasteiger partial charge in [-0.05, 0) is 24.6 Å². The van der Waals surface area contributed by atoms with Crippen molar-refractivity contribution in [3.8, 4) is 0 Å². The van der Waals surface area contributed by atoms with Gasteiger partial charge in [0.1, 0.15) is 11.4 Å². The highest BCUT2D eigenvalue weighted by Gasteiger charge is 2.35. The lowest BCUT2D eigenvalue weighted by molar-refractivity contribution is 0.0971. The molecule has 0 unspecified atom stereocenters. The van der Waals surface area contributed by atoms with E-state index in [-0.39, 0.29) is 23.0 Å². The summed E-state index contributed by atoms with van der Waals surface area (Å²) in [7, 11) is 3.65. The van der Waals surface area contributed by atoms with Crippen LogP contribution in [0.3, 0.4) is 0 Å². The minimum Gasteiger partial charge on any atom is -0.377 e. The molecule has 0 fully saturated rings. The highest BCUT2D eigenvalue weighted by molar-refractivity contribution is 6.29. The first-order valence-corrected chi connectivity index (χ1v) is 6.23. The normalized spacial score (nSPS) is 12.9. The molecule has 0 aliphatic heterocycles. The maximum absolute atomic E-state index is 12.6. The van der Waals surface area contributed by atoms with Gasteiger partial charge in [-0.25, -0.2) is 0 Å². The summed E-state index contributed by atoms with van der Waals surface area (Å²) >= 11 is 0. The third-order valence-electron chi connectivity index (χ3n) is 3.45. The van der Waals surface area contributed by atoms with Crippen LogP contribution in [0.5, 0.6) is 0 Å². The summed E-state index contributed by atoms with van der Waals surface area (Å²) in [6.45, 7) is 1.80. The number of anilines is 1. The lowest BCUT2D eigenvalue weighted by Crippen LogP contribution is -2.27. The van der Waals surface area contributed by atoms with E-state index in [1.54, 1.807) is 36.4 Å². The summed E-state index contributed by atoms with van der Waals surface area (Å²) in [6.07, 6.45) is 3.10. The van der Waals surface area contributed by atoms with Crippen LogP contribution in [0.4, 0.5) is 5.69 Å². The zero-order chi connectivity index (χ0) is 14.4. The number of ketones is 2. The summed E-state index contributed by atoms with van der Waals surface area (Å²) in [5.41, 5.74) is 2.57. The molecule has 5 heteroatoms. The number of aryl methyl sites for hydroxylation is 1. The van der Waals surface area contributed by atoms with Crippen LogP contribution in [-0.2, 0) is 0 Å². The van der Waals surface area contributed by atoms with Crippen LogP contribution in [0.1, 0.15) is 37.7 Å². The van der Waals surface area contributed by atoms with Crippen molar-refractivity contribution in [2.75, 3.05) is 19.0 Å². The highest BCUT2D eigenvalue weighted by Crippen LogP contribution is 2.31. The Morgan fingerprint density at radius 1 is 0.900 bits per heavy atom. The Kier molecular flexibility index (Phi) is 2.64. The number of hydrogen-bond donors (Lipinski definition) is 0. The molecular weight excluding hydrogens is 254 g/mol. The van der Waals surface area contributed by atoms with Gasteiger partial charge in [-0.3, -0.25) is 19.6 Å². The fourth-order valence-corrected chi connectivity index (χ4v) is 2.47. The number of hydrogen-bond acceptors (Lipinski definition) is 5. The average Bonchev–Trinajstić information content (AvgIpc) is 2.43. The summed E-state index contributed by atoms with van der Waals surface area (Å²) < 4.78 is 0. The van der Waals surface area contributed by atoms with E-state index >= 15 is 0 Å². The molecule has 0 amide bonds. The molecule has 2 aromatic rings. The molecule has 0 saturated heterocycles. The van der Waals surface area contributed by atoms with Crippen LogP contribution >= 0.6 is 0 Å². The van der Waals surface area contributed by atoms with Crippen molar-refractivity contribution >= 4 is 17.3 Å². The van der Waals surface area contributed by atoms with Crippen molar-refractivity contribution in [1.82, 2.24) is 9.97 Å². The Balaban J connectivity index is 2.35. The van der Waals surface area contributed by atoms with Gasteiger partial charge in [-0.1, -0.05) is 0 Å². The molecule has 100 valence electrons. The molecule has 20 heavy (non-hydrogen) atoms. The molecule has 0 atom stereocenters. The van der Waals surface area contributed by atoms with Crippen LogP contribution in [0, 0.1) is 6.92 Å². The van der Waals surface area contributed by atoms with Crippen LogP contribution in [0.25, 0.3) is 0 Å². The number of fused-ring (bicyclic) bond motifs is 2. The Morgan fingerprint density at radius 3 is 2.10 bits per heavy atom. The van der Waals surface area contributed by atoms with E-state index in [1.807, 2.05) is 14.1 Å². The standard InChI is InChI=1S/C15H13N3O2/c1-8-4-6-16-12-10(8)14(19)13-11(15(12)20)9(18(2)3)5-7-17-13/h4-7H,1-3H3. The molecule has 0 saturated carbocycles. The summed E-state index contributed by atoms with van der Waals surface area (Å²) in [5, 5.41) is 0. The van der Waals surface area contributed by atoms with E-state index in [0.29, 0.717) is 16.8 Å². The van der Waals surface area contributed by atoms with Gasteiger partial charge in [-0.2, -0.15) is 0 Å². The van der Waals surface area contributed by atoms with Crippen molar-refractivity contribution in [1.29, 1.82) is 0 Å². The second-order valence-corrected chi connectivity index (χ2v) is 4.96. The van der Waals surface area contributed by atoms with E-state index < -0.39 is 0 Å². The van der Waals surface area contributed by atoms with Gasteiger partial charge in [0.2, 0.25) is 11.6 Å². The van der Waals surface area contributed by atoms with Crippen molar-refractivity contribution in [2.24, 2.45) is 0 Å². The third kappa shape index (κ3) is 1.56. The predicted molar refractivity (Wildman–Crippen MR) is 74.4 cm³/mol. The molecule has 2 aromatic heterocycles. The Morgan fingerprint density at radius 2 is 1.45 bits per heavy atom. The van der Waals surface area contributed by atoms with Crippen LogP contribution in [0.2, 0.25) is 0 Å². The molecular formula is C15H13N3O2. The van der Waals surface area contributed by atoms with Crippen molar-refractivity contribution in [2.45, 2.75) is 6.92 Å². The van der Waals surface area contributed by atoms with Gasteiger partial charge in [0.05, 0.1) is 16.8 Å². The molecule has 3 rings (SSSR count). The van der Waals surface area contributed by atoms with Gasteiger partial charge in [-0.15, -0.1) is 0 Å². The van der Waals surface area contributed by atoms with Gasteiger partial charge >= 0.3 is 0 Å². The molecule has 1 aliphatic rings. The van der Waals surface area contributed by atoms with E-state index in [1.165, 1.54) is 0 Å². The minimum absolute atomic E-state index is 0.213. The molecule has 5 nitrogen and oxygen atoms in total. The van der Waals surface area contributed by atoms with Crippen LogP contribution < -0.4 is 4.90 Å². The lowest BCUT2D eigenvalue weighted by atomic mass is 9.87. The fraction of sp³-hybridized carbons (Fsp3) is 0.200. The summed E-state index contributed by atoms with van der Waals surface area (Å²) in [5.74, 6) is -0.473. The largest absolute Gasteiger partial charge is 0.377 e. The minimum atomic E-state index is -0.241. The first-order valence-electron chi connectivity index (χ1n) is 6.23. The van der Waals surface area contributed by atoms with Gasteiger partial charge in [0.15, 0.2) is 0 Å². The molecule has 0 spiro atoms. The molecule has 1 aliphatic carbocycles. The molecule has 0 bridgehead atoms. The topological polar surface area (TPSA) is 63.2 Å².